The molecule has 2 atom stereocenters. The van der Waals surface area contributed by atoms with E-state index in [1.54, 1.807) is 6.20 Å². The van der Waals surface area contributed by atoms with Crippen LogP contribution in [0.4, 0.5) is 0 Å². The van der Waals surface area contributed by atoms with Gasteiger partial charge in [0.2, 0.25) is 0 Å². The molecule has 1 saturated heterocycles. The highest BCUT2D eigenvalue weighted by Gasteiger charge is 2.29. The third-order valence-electron chi connectivity index (χ3n) is 4.13. The van der Waals surface area contributed by atoms with Gasteiger partial charge in [-0.3, -0.25) is 9.88 Å². The van der Waals surface area contributed by atoms with Crippen molar-refractivity contribution < 1.29 is 0 Å². The molecule has 20 heavy (non-hydrogen) atoms. The lowest BCUT2D eigenvalue weighted by Crippen LogP contribution is -2.59. The van der Waals surface area contributed by atoms with E-state index < -0.39 is 0 Å². The Morgan fingerprint density at radius 3 is 2.95 bits per heavy atom. The lowest BCUT2D eigenvalue weighted by molar-refractivity contribution is 0.0881. The fourth-order valence-electron chi connectivity index (χ4n) is 2.89. The fourth-order valence-corrected chi connectivity index (χ4v) is 3.09. The van der Waals surface area contributed by atoms with Crippen LogP contribution in [0, 0.1) is 0 Å². The quantitative estimate of drug-likeness (QED) is 0.892. The van der Waals surface area contributed by atoms with Crippen molar-refractivity contribution in [2.75, 3.05) is 40.3 Å². The topological polar surface area (TPSA) is 31.4 Å². The first-order valence-electron chi connectivity index (χ1n) is 7.32. The Balaban J connectivity index is 2.11. The van der Waals surface area contributed by atoms with Crippen LogP contribution in [0.3, 0.4) is 0 Å². The van der Waals surface area contributed by atoms with Gasteiger partial charge in [-0.1, -0.05) is 18.5 Å². The zero-order valence-electron chi connectivity index (χ0n) is 12.6. The SMILES string of the molecule is CCNC(Cc1ccncc1Cl)C1CN(C)CCN1C. The molecule has 0 saturated carbocycles. The molecule has 1 aliphatic heterocycles. The van der Waals surface area contributed by atoms with Gasteiger partial charge in [-0.2, -0.15) is 0 Å². The fraction of sp³-hybridized carbons (Fsp3) is 0.667. The number of pyridine rings is 1. The normalized spacial score (nSPS) is 22.9. The van der Waals surface area contributed by atoms with Gasteiger partial charge in [-0.15, -0.1) is 0 Å². The lowest BCUT2D eigenvalue weighted by atomic mass is 9.97. The minimum atomic E-state index is 0.410. The number of hydrogen-bond acceptors (Lipinski definition) is 4. The molecule has 1 aromatic rings. The number of hydrogen-bond donors (Lipinski definition) is 1. The summed E-state index contributed by atoms with van der Waals surface area (Å²) in [6, 6.07) is 2.95. The minimum Gasteiger partial charge on any atom is -0.312 e. The zero-order valence-corrected chi connectivity index (χ0v) is 13.4. The van der Waals surface area contributed by atoms with Crippen LogP contribution in [-0.4, -0.2) is 67.1 Å². The van der Waals surface area contributed by atoms with Crippen molar-refractivity contribution in [2.24, 2.45) is 0 Å². The summed E-state index contributed by atoms with van der Waals surface area (Å²) in [6.07, 6.45) is 4.50. The molecule has 0 aliphatic carbocycles. The third kappa shape index (κ3) is 3.92. The van der Waals surface area contributed by atoms with Gasteiger partial charge in [0.15, 0.2) is 0 Å². The van der Waals surface area contributed by atoms with Crippen LogP contribution < -0.4 is 5.32 Å². The van der Waals surface area contributed by atoms with Crippen molar-refractivity contribution in [3.63, 3.8) is 0 Å². The van der Waals surface area contributed by atoms with E-state index in [1.165, 1.54) is 5.56 Å². The van der Waals surface area contributed by atoms with E-state index in [1.807, 2.05) is 12.3 Å². The average molecular weight is 297 g/mol. The van der Waals surface area contributed by atoms with Crippen LogP contribution >= 0.6 is 11.6 Å². The van der Waals surface area contributed by atoms with Crippen LogP contribution in [0.15, 0.2) is 18.5 Å². The number of piperazine rings is 1. The first-order chi connectivity index (χ1) is 9.61. The number of nitrogens with zero attached hydrogens (tertiary/aromatic N) is 3. The molecule has 1 N–H and O–H groups in total. The van der Waals surface area contributed by atoms with Crippen molar-refractivity contribution >= 4 is 11.6 Å². The Kier molecular flexibility index (Phi) is 5.78. The van der Waals surface area contributed by atoms with Crippen molar-refractivity contribution in [1.82, 2.24) is 20.1 Å². The molecule has 0 radical (unpaired) electrons. The second-order valence-electron chi connectivity index (χ2n) is 5.65. The van der Waals surface area contributed by atoms with Crippen molar-refractivity contribution in [3.05, 3.63) is 29.0 Å². The summed E-state index contributed by atoms with van der Waals surface area (Å²) in [4.78, 5) is 8.93. The Bertz CT molecular complexity index is 426. The molecule has 1 fully saturated rings. The molecule has 2 heterocycles. The number of aromatic nitrogens is 1. The van der Waals surface area contributed by atoms with Crippen molar-refractivity contribution in [2.45, 2.75) is 25.4 Å². The van der Waals surface area contributed by atoms with Crippen LogP contribution in [-0.2, 0) is 6.42 Å². The molecule has 2 unspecified atom stereocenters. The largest absolute Gasteiger partial charge is 0.312 e. The molecule has 0 amide bonds. The van der Waals surface area contributed by atoms with Crippen LogP contribution in [0.2, 0.25) is 5.02 Å². The first-order valence-corrected chi connectivity index (χ1v) is 7.70. The van der Waals surface area contributed by atoms with Crippen LogP contribution in [0.25, 0.3) is 0 Å². The number of halogens is 1. The Labute approximate surface area is 127 Å². The number of nitrogens with one attached hydrogen (secondary N) is 1. The zero-order chi connectivity index (χ0) is 14.5. The second kappa shape index (κ2) is 7.36. The number of rotatable bonds is 5. The highest BCUT2D eigenvalue weighted by molar-refractivity contribution is 6.31. The highest BCUT2D eigenvalue weighted by atomic mass is 35.5. The molecule has 0 bridgehead atoms. The summed E-state index contributed by atoms with van der Waals surface area (Å²) in [6.45, 7) is 6.49. The van der Waals surface area contributed by atoms with Crippen LogP contribution in [0.1, 0.15) is 12.5 Å². The lowest BCUT2D eigenvalue weighted by Gasteiger charge is -2.42. The van der Waals surface area contributed by atoms with Gasteiger partial charge in [-0.25, -0.2) is 0 Å². The third-order valence-corrected chi connectivity index (χ3v) is 4.47. The summed E-state index contributed by atoms with van der Waals surface area (Å²) in [5.41, 5.74) is 1.18. The van der Waals surface area contributed by atoms with Crippen molar-refractivity contribution in [3.8, 4) is 0 Å². The van der Waals surface area contributed by atoms with Crippen molar-refractivity contribution in [1.29, 1.82) is 0 Å². The van der Waals surface area contributed by atoms with Gasteiger partial charge in [0.05, 0.1) is 5.02 Å². The van der Waals surface area contributed by atoms with E-state index in [2.05, 4.69) is 41.1 Å². The maximum atomic E-state index is 6.26. The molecular weight excluding hydrogens is 272 g/mol. The molecule has 0 aromatic carbocycles. The molecule has 1 aromatic heterocycles. The predicted molar refractivity (Wildman–Crippen MR) is 84.3 cm³/mol. The maximum Gasteiger partial charge on any atom is 0.0621 e. The molecular formula is C15H25ClN4. The van der Waals surface area contributed by atoms with E-state index in [0.29, 0.717) is 12.1 Å². The van der Waals surface area contributed by atoms with E-state index in [0.717, 1.165) is 37.6 Å². The summed E-state index contributed by atoms with van der Waals surface area (Å²) >= 11 is 6.26. The van der Waals surface area contributed by atoms with Crippen LogP contribution in [0.5, 0.6) is 0 Å². The summed E-state index contributed by atoms with van der Waals surface area (Å²) in [5, 5.41) is 4.40. The second-order valence-corrected chi connectivity index (χ2v) is 6.05. The molecule has 112 valence electrons. The molecule has 0 spiro atoms. The van der Waals surface area contributed by atoms with Gasteiger partial charge in [0.25, 0.3) is 0 Å². The van der Waals surface area contributed by atoms with E-state index in [9.17, 15) is 0 Å². The van der Waals surface area contributed by atoms with Gasteiger partial charge < -0.3 is 10.2 Å². The molecule has 5 heteroatoms. The molecule has 4 nitrogen and oxygen atoms in total. The Morgan fingerprint density at radius 1 is 1.45 bits per heavy atom. The summed E-state index contributed by atoms with van der Waals surface area (Å²) in [7, 11) is 4.42. The maximum absolute atomic E-state index is 6.26. The average Bonchev–Trinajstić information content (AvgIpc) is 2.43. The minimum absolute atomic E-state index is 0.410. The Morgan fingerprint density at radius 2 is 2.25 bits per heavy atom. The highest BCUT2D eigenvalue weighted by Crippen LogP contribution is 2.19. The number of likely N-dealkylation sites (N-methyl/N-ethyl adjacent to an activating group) is 3. The standard InChI is InChI=1S/C15H25ClN4/c1-4-18-14(9-12-5-6-17-10-13(12)16)15-11-19(2)7-8-20(15)3/h5-6,10,14-15,18H,4,7-9,11H2,1-3H3. The van der Waals surface area contributed by atoms with E-state index in [-0.39, 0.29) is 0 Å². The van der Waals surface area contributed by atoms with Gasteiger partial charge in [0.1, 0.15) is 0 Å². The first kappa shape index (κ1) is 15.7. The smallest absolute Gasteiger partial charge is 0.0621 e. The van der Waals surface area contributed by atoms with E-state index >= 15 is 0 Å². The van der Waals surface area contributed by atoms with Gasteiger partial charge in [0, 0.05) is 44.1 Å². The van der Waals surface area contributed by atoms with Gasteiger partial charge in [-0.05, 0) is 38.7 Å². The van der Waals surface area contributed by atoms with Gasteiger partial charge >= 0.3 is 0 Å². The Hall–Kier alpha value is -0.680. The molecule has 2 rings (SSSR count). The predicted octanol–water partition coefficient (Wildman–Crippen LogP) is 1.50. The molecule has 1 aliphatic rings. The summed E-state index contributed by atoms with van der Waals surface area (Å²) < 4.78 is 0. The summed E-state index contributed by atoms with van der Waals surface area (Å²) in [5.74, 6) is 0. The monoisotopic (exact) mass is 296 g/mol. The van der Waals surface area contributed by atoms with E-state index in [4.69, 9.17) is 11.6 Å².